The topological polar surface area (TPSA) is 113 Å². The van der Waals surface area contributed by atoms with Gasteiger partial charge in [0.25, 0.3) is 5.56 Å². The van der Waals surface area contributed by atoms with Crippen molar-refractivity contribution in [2.45, 2.75) is 32.9 Å². The molecule has 0 amide bonds. The number of anilines is 1. The highest BCUT2D eigenvalue weighted by Gasteiger charge is 2.16. The third-order valence-electron chi connectivity index (χ3n) is 5.65. The van der Waals surface area contributed by atoms with Gasteiger partial charge in [0.2, 0.25) is 5.95 Å². The number of aromatic nitrogens is 4. The molecule has 4 aromatic rings. The summed E-state index contributed by atoms with van der Waals surface area (Å²) >= 11 is 0. The van der Waals surface area contributed by atoms with Gasteiger partial charge in [0, 0.05) is 42.0 Å². The predicted octanol–water partition coefficient (Wildman–Crippen LogP) is 2.92. The van der Waals surface area contributed by atoms with Crippen LogP contribution in [0.15, 0.2) is 53.5 Å². The first-order chi connectivity index (χ1) is 15.9. The smallest absolute Gasteiger partial charge is 0.260 e. The molecule has 0 aliphatic heterocycles. The highest BCUT2D eigenvalue weighted by molar-refractivity contribution is 5.83. The lowest BCUT2D eigenvalue weighted by molar-refractivity contribution is 0.0847. The fourth-order valence-electron chi connectivity index (χ4n) is 3.88. The van der Waals surface area contributed by atoms with Crippen molar-refractivity contribution in [1.82, 2.24) is 19.5 Å². The van der Waals surface area contributed by atoms with E-state index in [4.69, 9.17) is 0 Å². The van der Waals surface area contributed by atoms with Crippen LogP contribution in [-0.2, 0) is 6.54 Å². The van der Waals surface area contributed by atoms with E-state index in [1.165, 1.54) is 0 Å². The van der Waals surface area contributed by atoms with Gasteiger partial charge in [0.1, 0.15) is 5.65 Å². The molecule has 0 fully saturated rings. The number of aliphatic hydroxyl groups excluding tert-OH is 2. The molecule has 8 heteroatoms. The molecule has 4 rings (SSSR count). The van der Waals surface area contributed by atoms with E-state index in [-0.39, 0.29) is 25.1 Å². The molecule has 0 spiro atoms. The van der Waals surface area contributed by atoms with Crippen LogP contribution in [0.3, 0.4) is 0 Å². The lowest BCUT2D eigenvalue weighted by atomic mass is 9.97. The second kappa shape index (κ2) is 9.48. The molecule has 8 nitrogen and oxygen atoms in total. The highest BCUT2D eigenvalue weighted by Crippen LogP contribution is 2.28. The minimum absolute atomic E-state index is 0.210. The maximum absolute atomic E-state index is 13.6. The number of rotatable bonds is 7. The van der Waals surface area contributed by atoms with Crippen molar-refractivity contribution in [2.24, 2.45) is 0 Å². The van der Waals surface area contributed by atoms with Crippen LogP contribution in [0.2, 0.25) is 0 Å². The molecule has 170 valence electrons. The van der Waals surface area contributed by atoms with E-state index in [0.29, 0.717) is 22.5 Å². The van der Waals surface area contributed by atoms with Crippen molar-refractivity contribution >= 4 is 17.0 Å². The summed E-state index contributed by atoms with van der Waals surface area (Å²) in [5, 5.41) is 22.7. The quantitative estimate of drug-likeness (QED) is 0.401. The van der Waals surface area contributed by atoms with Gasteiger partial charge < -0.3 is 15.5 Å². The summed E-state index contributed by atoms with van der Waals surface area (Å²) in [4.78, 5) is 26.9. The average molecular weight is 446 g/mol. The summed E-state index contributed by atoms with van der Waals surface area (Å²) in [6.45, 7) is 3.78. The van der Waals surface area contributed by atoms with Crippen molar-refractivity contribution < 1.29 is 10.2 Å². The highest BCUT2D eigenvalue weighted by atomic mass is 16.3. The molecule has 0 saturated heterocycles. The standard InChI is InChI=1S/C25H27N5O3/c1-15-11-17(22-6-4-5-16(2)28-22)7-8-20(15)21-12-18-13-27-25(26-3)29-23(18)30(24(21)33)10-9-19(32)14-31/h4-8,11-13,19,31-32H,9-10,14H2,1-3H3,(H,26,27,29)/t19-/m1/s1. The molecule has 0 aliphatic carbocycles. The first kappa shape index (κ1) is 22.6. The maximum Gasteiger partial charge on any atom is 0.260 e. The Labute approximate surface area is 191 Å². The molecule has 1 atom stereocenters. The summed E-state index contributed by atoms with van der Waals surface area (Å²) in [6, 6.07) is 13.6. The number of benzene rings is 1. The Morgan fingerprint density at radius 2 is 1.91 bits per heavy atom. The van der Waals surface area contributed by atoms with E-state index in [9.17, 15) is 15.0 Å². The first-order valence-electron chi connectivity index (χ1n) is 10.8. The zero-order valence-electron chi connectivity index (χ0n) is 18.9. The molecular formula is C25H27N5O3. The summed E-state index contributed by atoms with van der Waals surface area (Å²) in [5.41, 5.74) is 5.36. The lowest BCUT2D eigenvalue weighted by Crippen LogP contribution is -2.26. The SMILES string of the molecule is CNc1ncc2cc(-c3ccc(-c4cccc(C)n4)cc3C)c(=O)n(CC[C@@H](O)CO)c2n1. The van der Waals surface area contributed by atoms with Crippen LogP contribution in [0.4, 0.5) is 5.95 Å². The number of nitrogens with one attached hydrogen (secondary N) is 1. The van der Waals surface area contributed by atoms with E-state index >= 15 is 0 Å². The van der Waals surface area contributed by atoms with Gasteiger partial charge in [-0.25, -0.2) is 4.98 Å². The second-order valence-corrected chi connectivity index (χ2v) is 8.06. The van der Waals surface area contributed by atoms with Crippen molar-refractivity contribution in [3.05, 3.63) is 70.3 Å². The Bertz CT molecular complexity index is 1370. The monoisotopic (exact) mass is 445 g/mol. The third kappa shape index (κ3) is 4.62. The summed E-state index contributed by atoms with van der Waals surface area (Å²) in [6.07, 6.45) is 0.991. The maximum atomic E-state index is 13.6. The molecule has 3 N–H and O–H groups in total. The van der Waals surface area contributed by atoms with E-state index < -0.39 is 6.10 Å². The lowest BCUT2D eigenvalue weighted by Gasteiger charge is -2.15. The zero-order chi connectivity index (χ0) is 23.5. The Morgan fingerprint density at radius 3 is 2.61 bits per heavy atom. The third-order valence-corrected chi connectivity index (χ3v) is 5.65. The van der Waals surface area contributed by atoms with E-state index in [0.717, 1.165) is 28.1 Å². The number of nitrogens with zero attached hydrogens (tertiary/aromatic N) is 4. The Morgan fingerprint density at radius 1 is 1.09 bits per heavy atom. The number of hydrogen-bond donors (Lipinski definition) is 3. The average Bonchev–Trinajstić information content (AvgIpc) is 2.82. The second-order valence-electron chi connectivity index (χ2n) is 8.06. The van der Waals surface area contributed by atoms with Crippen LogP contribution in [-0.4, -0.2) is 49.5 Å². The molecule has 1 aromatic carbocycles. The fraction of sp³-hybridized carbons (Fsp3) is 0.280. The number of aliphatic hydroxyl groups is 2. The summed E-state index contributed by atoms with van der Waals surface area (Å²) < 4.78 is 1.54. The fourth-order valence-corrected chi connectivity index (χ4v) is 3.88. The zero-order valence-corrected chi connectivity index (χ0v) is 18.9. The molecule has 0 aliphatic rings. The Balaban J connectivity index is 1.85. The van der Waals surface area contributed by atoms with Crippen LogP contribution in [0.25, 0.3) is 33.4 Å². The molecule has 0 bridgehead atoms. The van der Waals surface area contributed by atoms with Crippen molar-refractivity contribution in [2.75, 3.05) is 19.0 Å². The number of hydrogen-bond acceptors (Lipinski definition) is 7. The molecule has 33 heavy (non-hydrogen) atoms. The van der Waals surface area contributed by atoms with Gasteiger partial charge in [-0.2, -0.15) is 4.98 Å². The van der Waals surface area contributed by atoms with Gasteiger partial charge in [-0.05, 0) is 55.7 Å². The molecule has 0 saturated carbocycles. The normalized spacial score (nSPS) is 12.2. The summed E-state index contributed by atoms with van der Waals surface area (Å²) in [7, 11) is 1.71. The van der Waals surface area contributed by atoms with E-state index in [1.807, 2.05) is 56.3 Å². The Hall–Kier alpha value is -3.62. The van der Waals surface area contributed by atoms with Crippen molar-refractivity contribution in [1.29, 1.82) is 0 Å². The van der Waals surface area contributed by atoms with Gasteiger partial charge in [-0.15, -0.1) is 0 Å². The number of aryl methyl sites for hydroxylation is 3. The van der Waals surface area contributed by atoms with Gasteiger partial charge in [0.15, 0.2) is 0 Å². The number of pyridine rings is 2. The van der Waals surface area contributed by atoms with Crippen LogP contribution < -0.4 is 10.9 Å². The minimum atomic E-state index is -0.913. The van der Waals surface area contributed by atoms with Gasteiger partial charge in [-0.3, -0.25) is 14.3 Å². The van der Waals surface area contributed by atoms with Gasteiger partial charge in [-0.1, -0.05) is 18.2 Å². The van der Waals surface area contributed by atoms with Crippen LogP contribution >= 0.6 is 0 Å². The first-order valence-corrected chi connectivity index (χ1v) is 10.8. The Kier molecular flexibility index (Phi) is 6.48. The van der Waals surface area contributed by atoms with E-state index in [2.05, 4.69) is 20.3 Å². The van der Waals surface area contributed by atoms with Crippen LogP contribution in [0.1, 0.15) is 17.7 Å². The van der Waals surface area contributed by atoms with Crippen molar-refractivity contribution in [3.8, 4) is 22.4 Å². The predicted molar refractivity (Wildman–Crippen MR) is 129 cm³/mol. The largest absolute Gasteiger partial charge is 0.394 e. The molecule has 3 heterocycles. The summed E-state index contributed by atoms with van der Waals surface area (Å²) in [5.74, 6) is 0.400. The van der Waals surface area contributed by atoms with E-state index in [1.54, 1.807) is 17.8 Å². The molecular weight excluding hydrogens is 418 g/mol. The molecule has 0 radical (unpaired) electrons. The number of fused-ring (bicyclic) bond motifs is 1. The minimum Gasteiger partial charge on any atom is -0.394 e. The van der Waals surface area contributed by atoms with Crippen LogP contribution in [0, 0.1) is 13.8 Å². The molecule has 3 aromatic heterocycles. The van der Waals surface area contributed by atoms with Gasteiger partial charge in [0.05, 0.1) is 18.4 Å². The van der Waals surface area contributed by atoms with Gasteiger partial charge >= 0.3 is 0 Å². The van der Waals surface area contributed by atoms with Crippen molar-refractivity contribution in [3.63, 3.8) is 0 Å². The van der Waals surface area contributed by atoms with Crippen LogP contribution in [0.5, 0.6) is 0 Å². The molecule has 0 unspecified atom stereocenters.